The summed E-state index contributed by atoms with van der Waals surface area (Å²) in [4.78, 5) is 12.3. The molecule has 3 aromatic carbocycles. The quantitative estimate of drug-likeness (QED) is 0.485. The summed E-state index contributed by atoms with van der Waals surface area (Å²) in [5, 5.41) is 3.21. The van der Waals surface area contributed by atoms with Crippen molar-refractivity contribution in [2.24, 2.45) is 5.92 Å². The van der Waals surface area contributed by atoms with Crippen LogP contribution >= 0.6 is 11.6 Å². The van der Waals surface area contributed by atoms with E-state index in [0.29, 0.717) is 29.4 Å². The SMILES string of the molecule is O=C(/C=C/c1ccc(S(=O)(=O)Nc2ccccc2Cl)cc1)NCC1COc2ccccc2C1. The van der Waals surface area contributed by atoms with E-state index >= 15 is 0 Å². The van der Waals surface area contributed by atoms with Gasteiger partial charge in [0.25, 0.3) is 10.0 Å². The van der Waals surface area contributed by atoms with Crippen molar-refractivity contribution < 1.29 is 17.9 Å². The molecule has 1 aliphatic heterocycles. The Bertz CT molecular complexity index is 1270. The van der Waals surface area contributed by atoms with E-state index in [0.717, 1.165) is 17.7 Å². The first-order chi connectivity index (χ1) is 15.9. The monoisotopic (exact) mass is 482 g/mol. The van der Waals surface area contributed by atoms with Crippen molar-refractivity contribution in [1.82, 2.24) is 5.32 Å². The van der Waals surface area contributed by atoms with E-state index in [9.17, 15) is 13.2 Å². The van der Waals surface area contributed by atoms with Crippen molar-refractivity contribution in [2.75, 3.05) is 17.9 Å². The molecule has 0 saturated carbocycles. The Morgan fingerprint density at radius 3 is 2.55 bits per heavy atom. The van der Waals surface area contributed by atoms with Crippen LogP contribution in [0.25, 0.3) is 6.08 Å². The number of fused-ring (bicyclic) bond motifs is 1. The standard InChI is InChI=1S/C25H23ClN2O4S/c26-22-6-2-3-7-23(22)28-33(30,31)21-12-9-18(10-13-21)11-14-25(29)27-16-19-15-20-5-1-4-8-24(20)32-17-19/h1-14,19,28H,15-17H2,(H,27,29)/b14-11+. The molecule has 0 spiro atoms. The number of nitrogens with one attached hydrogen (secondary N) is 2. The summed E-state index contributed by atoms with van der Waals surface area (Å²) >= 11 is 6.03. The number of rotatable bonds is 7. The van der Waals surface area contributed by atoms with Crippen LogP contribution in [0.1, 0.15) is 11.1 Å². The van der Waals surface area contributed by atoms with Crippen LogP contribution in [0.2, 0.25) is 5.02 Å². The van der Waals surface area contributed by atoms with Gasteiger partial charge >= 0.3 is 0 Å². The van der Waals surface area contributed by atoms with Gasteiger partial charge in [-0.2, -0.15) is 0 Å². The molecule has 0 saturated heterocycles. The minimum absolute atomic E-state index is 0.0987. The van der Waals surface area contributed by atoms with Gasteiger partial charge in [-0.25, -0.2) is 8.42 Å². The second-order valence-corrected chi connectivity index (χ2v) is 9.81. The molecule has 6 nitrogen and oxygen atoms in total. The van der Waals surface area contributed by atoms with Crippen molar-refractivity contribution in [1.29, 1.82) is 0 Å². The minimum Gasteiger partial charge on any atom is -0.493 e. The number of para-hydroxylation sites is 2. The lowest BCUT2D eigenvalue weighted by molar-refractivity contribution is -0.116. The van der Waals surface area contributed by atoms with E-state index in [1.165, 1.54) is 18.2 Å². The van der Waals surface area contributed by atoms with Crippen LogP contribution in [-0.2, 0) is 21.2 Å². The molecule has 3 aromatic rings. The number of carbonyl (C=O) groups excluding carboxylic acids is 1. The third kappa shape index (κ3) is 5.94. The fourth-order valence-corrected chi connectivity index (χ4v) is 4.82. The third-order valence-corrected chi connectivity index (χ3v) is 6.97. The van der Waals surface area contributed by atoms with Crippen molar-refractivity contribution in [3.8, 4) is 5.75 Å². The molecule has 0 radical (unpaired) electrons. The van der Waals surface area contributed by atoms with Crippen LogP contribution in [0.4, 0.5) is 5.69 Å². The fourth-order valence-electron chi connectivity index (χ4n) is 3.50. The van der Waals surface area contributed by atoms with Gasteiger partial charge < -0.3 is 10.1 Å². The summed E-state index contributed by atoms with van der Waals surface area (Å²) in [6, 6.07) is 20.8. The van der Waals surface area contributed by atoms with E-state index < -0.39 is 10.0 Å². The normalized spacial score (nSPS) is 15.5. The molecule has 1 unspecified atom stereocenters. The van der Waals surface area contributed by atoms with Gasteiger partial charge in [0.2, 0.25) is 5.91 Å². The second-order valence-electron chi connectivity index (χ2n) is 7.72. The maximum Gasteiger partial charge on any atom is 0.261 e. The first-order valence-electron chi connectivity index (χ1n) is 10.4. The summed E-state index contributed by atoms with van der Waals surface area (Å²) in [6.07, 6.45) is 3.93. The molecular formula is C25H23ClN2O4S. The predicted octanol–water partition coefficient (Wildman–Crippen LogP) is 4.52. The van der Waals surface area contributed by atoms with Gasteiger partial charge in [-0.3, -0.25) is 9.52 Å². The number of carbonyl (C=O) groups is 1. The van der Waals surface area contributed by atoms with Crippen molar-refractivity contribution in [3.05, 3.63) is 95.0 Å². The van der Waals surface area contributed by atoms with Crippen LogP contribution in [0.5, 0.6) is 5.75 Å². The van der Waals surface area contributed by atoms with E-state index in [1.54, 1.807) is 42.5 Å². The van der Waals surface area contributed by atoms with Crippen LogP contribution < -0.4 is 14.8 Å². The molecule has 33 heavy (non-hydrogen) atoms. The zero-order chi connectivity index (χ0) is 23.3. The second kappa shape index (κ2) is 10.1. The van der Waals surface area contributed by atoms with Gasteiger partial charge in [-0.15, -0.1) is 0 Å². The average Bonchev–Trinajstić information content (AvgIpc) is 2.83. The Balaban J connectivity index is 1.31. The Hall–Kier alpha value is -3.29. The number of anilines is 1. The number of hydrogen-bond acceptors (Lipinski definition) is 4. The molecule has 170 valence electrons. The van der Waals surface area contributed by atoms with Crippen LogP contribution in [0, 0.1) is 5.92 Å². The maximum atomic E-state index is 12.6. The number of halogens is 1. The minimum atomic E-state index is -3.78. The van der Waals surface area contributed by atoms with Crippen molar-refractivity contribution in [2.45, 2.75) is 11.3 Å². The first kappa shape index (κ1) is 22.9. The molecule has 1 amide bonds. The smallest absolute Gasteiger partial charge is 0.261 e. The average molecular weight is 483 g/mol. The molecule has 1 aliphatic rings. The molecule has 1 heterocycles. The zero-order valence-electron chi connectivity index (χ0n) is 17.7. The lowest BCUT2D eigenvalue weighted by Gasteiger charge is -2.25. The highest BCUT2D eigenvalue weighted by Gasteiger charge is 2.19. The number of benzene rings is 3. The summed E-state index contributed by atoms with van der Waals surface area (Å²) in [5.41, 5.74) is 2.17. The topological polar surface area (TPSA) is 84.5 Å². The summed E-state index contributed by atoms with van der Waals surface area (Å²) in [5.74, 6) is 0.908. The van der Waals surface area contributed by atoms with Crippen molar-refractivity contribution in [3.63, 3.8) is 0 Å². The van der Waals surface area contributed by atoms with E-state index in [1.807, 2.05) is 24.3 Å². The number of hydrogen-bond donors (Lipinski definition) is 2. The van der Waals surface area contributed by atoms with Crippen LogP contribution in [0.15, 0.2) is 83.8 Å². The molecule has 0 bridgehead atoms. The third-order valence-electron chi connectivity index (χ3n) is 5.26. The number of sulfonamides is 1. The Labute approximate surface area is 198 Å². The van der Waals surface area contributed by atoms with Gasteiger partial charge in [-0.05, 0) is 54.0 Å². The van der Waals surface area contributed by atoms with Gasteiger partial charge in [-0.1, -0.05) is 54.1 Å². The molecule has 2 N–H and O–H groups in total. The number of amides is 1. The highest BCUT2D eigenvalue weighted by molar-refractivity contribution is 7.92. The Morgan fingerprint density at radius 1 is 1.03 bits per heavy atom. The molecule has 0 aromatic heterocycles. The Morgan fingerprint density at radius 2 is 1.76 bits per heavy atom. The largest absolute Gasteiger partial charge is 0.493 e. The van der Waals surface area contributed by atoms with Crippen LogP contribution in [0.3, 0.4) is 0 Å². The molecule has 0 fully saturated rings. The molecule has 8 heteroatoms. The van der Waals surface area contributed by atoms with E-state index in [-0.39, 0.29) is 16.7 Å². The first-order valence-corrected chi connectivity index (χ1v) is 12.3. The number of ether oxygens (including phenoxy) is 1. The van der Waals surface area contributed by atoms with Gasteiger partial charge in [0.05, 0.1) is 22.2 Å². The Kier molecular flexibility index (Phi) is 7.01. The highest BCUT2D eigenvalue weighted by Crippen LogP contribution is 2.26. The van der Waals surface area contributed by atoms with Crippen molar-refractivity contribution >= 4 is 39.3 Å². The molecule has 4 rings (SSSR count). The van der Waals surface area contributed by atoms with Gasteiger partial charge in [0.1, 0.15) is 5.75 Å². The fraction of sp³-hybridized carbons (Fsp3) is 0.160. The summed E-state index contributed by atoms with van der Waals surface area (Å²) in [6.45, 7) is 1.08. The van der Waals surface area contributed by atoms with E-state index in [2.05, 4.69) is 10.0 Å². The zero-order valence-corrected chi connectivity index (χ0v) is 19.3. The van der Waals surface area contributed by atoms with E-state index in [4.69, 9.17) is 16.3 Å². The maximum absolute atomic E-state index is 12.6. The lowest BCUT2D eigenvalue weighted by atomic mass is 9.97. The summed E-state index contributed by atoms with van der Waals surface area (Å²) in [7, 11) is -3.78. The highest BCUT2D eigenvalue weighted by atomic mass is 35.5. The van der Waals surface area contributed by atoms with Gasteiger partial charge in [0.15, 0.2) is 0 Å². The summed E-state index contributed by atoms with van der Waals surface area (Å²) < 4.78 is 33.4. The molecule has 0 aliphatic carbocycles. The lowest BCUT2D eigenvalue weighted by Crippen LogP contribution is -2.33. The van der Waals surface area contributed by atoms with Crippen LogP contribution in [-0.4, -0.2) is 27.5 Å². The van der Waals surface area contributed by atoms with Gasteiger partial charge in [0, 0.05) is 18.5 Å². The molecular weight excluding hydrogens is 460 g/mol. The predicted molar refractivity (Wildman–Crippen MR) is 130 cm³/mol. The molecule has 1 atom stereocenters.